The van der Waals surface area contributed by atoms with Gasteiger partial charge in [0, 0.05) is 191 Å². The number of Topliss-reactive ketones (excluding diaryl/α,β-unsaturated/α-hetero) is 3. The van der Waals surface area contributed by atoms with E-state index in [-0.39, 0.29) is 80.6 Å². The number of piperidine rings is 1. The van der Waals surface area contributed by atoms with Crippen molar-refractivity contribution in [3.8, 4) is 11.3 Å². The van der Waals surface area contributed by atoms with Gasteiger partial charge >= 0.3 is 12.1 Å². The molecule has 4 amide bonds. The van der Waals surface area contributed by atoms with Gasteiger partial charge in [-0.15, -0.1) is 0 Å². The van der Waals surface area contributed by atoms with Crippen LogP contribution in [0.15, 0.2) is 121 Å². The molecule has 0 radical (unpaired) electrons. The second kappa shape index (κ2) is 46.5. The topological polar surface area (TPSA) is 432 Å². The van der Waals surface area contributed by atoms with E-state index in [2.05, 4.69) is 73.2 Å². The second-order valence-electron chi connectivity index (χ2n) is 37.3. The molecule has 14 rings (SSSR count). The number of nitrogens with one attached hydrogen (secondary N) is 2. The van der Waals surface area contributed by atoms with E-state index in [1.807, 2.05) is 88.9 Å². The summed E-state index contributed by atoms with van der Waals surface area (Å²) in [4.78, 5) is 159. The summed E-state index contributed by atoms with van der Waals surface area (Å²) in [5, 5.41) is 33.3. The number of methoxy groups -OCH3 is 3. The lowest BCUT2D eigenvalue weighted by molar-refractivity contribution is -0.265. The van der Waals surface area contributed by atoms with Crippen LogP contribution in [0.2, 0.25) is 0 Å². The Morgan fingerprint density at radius 2 is 1.46 bits per heavy atom. The zero-order chi connectivity index (χ0) is 95.6. The molecule has 36 heteroatoms. The van der Waals surface area contributed by atoms with E-state index in [9.17, 15) is 48.6 Å². The first-order chi connectivity index (χ1) is 65.1. The number of anilines is 3. The number of nitrogens with zero attached hydrogens (tertiary/aromatic N) is 15. The molecule has 1 aromatic carbocycles. The fraction of sp³-hybridized carbons (Fsp3) is 0.576. The fourth-order valence-corrected chi connectivity index (χ4v) is 19.6. The van der Waals surface area contributed by atoms with Crippen molar-refractivity contribution < 1.29 is 86.5 Å². The molecular weight excluding hydrogens is 1730 g/mol. The molecule has 7 aliphatic rings. The zero-order valence-electron chi connectivity index (χ0n) is 79.3. The number of carbonyl (C=O) groups is 8. The van der Waals surface area contributed by atoms with Gasteiger partial charge in [0.05, 0.1) is 68.7 Å². The largest absolute Gasteiger partial charge is 0.460 e. The summed E-state index contributed by atoms with van der Waals surface area (Å²) in [7, 11) is 4.49. The number of ether oxygens (including phenoxy) is 8. The molecule has 36 nitrogen and oxygen atoms in total. The molecule has 1 aliphatic carbocycles. The molecule has 135 heavy (non-hydrogen) atoms. The maximum atomic E-state index is 14.8. The molecule has 1 saturated carbocycles. The number of alkyl carbamates (subject to hydrolysis) is 1. The van der Waals surface area contributed by atoms with Gasteiger partial charge in [-0.3, -0.25) is 33.7 Å². The normalized spacial score (nSPS) is 26.9. The average Bonchev–Trinajstić information content (AvgIpc) is 1.56. The Kier molecular flexibility index (Phi) is 34.4. The van der Waals surface area contributed by atoms with Crippen LogP contribution in [-0.2, 0) is 92.7 Å². The number of pyridine rings is 1. The highest BCUT2D eigenvalue weighted by Crippen LogP contribution is 2.40. The van der Waals surface area contributed by atoms with E-state index in [1.165, 1.54) is 23.9 Å². The summed E-state index contributed by atoms with van der Waals surface area (Å²) in [6, 6.07) is 9.11. The van der Waals surface area contributed by atoms with Crippen molar-refractivity contribution in [2.24, 2.45) is 35.5 Å². The number of hydrogen-bond donors (Lipinski definition) is 5. The SMILES string of the molecule is CO[C@H]1C[C@@H]2CC[C@@H](C)[C@@](O)(O2)C(=O)C(=O)N2CCCC[C@H]2C(=O)O[C@H]([C@H](C)C[C@@H]2CC[C@@H](OC(=O)NCc3cnc(N4CCN(C(=O)CCOCCOCCN5CCN(c6ncc(C(=O)N7CCc8cc(Cn9nc(-c%10cnc%11[nH]ccc%11c%10)c%10c(N)ncnc%109)ccc8C7)cn6)CC5)CC4)nc3)[C@H](OC)C2)CC(=O)[C@H](C)/C=C(\C)[C@@H](O)[C@@H](OC)C(=O)[C@H](C)C[C@H](C)/C=C/C=CC=C1C. The number of aromatic nitrogens is 10. The Hall–Kier alpha value is -11.2. The van der Waals surface area contributed by atoms with Crippen molar-refractivity contribution in [2.45, 2.75) is 213 Å². The number of fused-ring (bicyclic) bond motifs is 6. The number of piperazine rings is 2. The lowest BCUT2D eigenvalue weighted by atomic mass is 9.78. The third-order valence-electron chi connectivity index (χ3n) is 27.8. The Morgan fingerprint density at radius 3 is 2.20 bits per heavy atom. The molecule has 0 spiro atoms. The Morgan fingerprint density at radius 1 is 0.719 bits per heavy atom. The van der Waals surface area contributed by atoms with Crippen LogP contribution in [0.25, 0.3) is 33.3 Å². The lowest BCUT2D eigenvalue weighted by Crippen LogP contribution is -2.61. The van der Waals surface area contributed by atoms with Crippen LogP contribution in [0.5, 0.6) is 0 Å². The minimum Gasteiger partial charge on any atom is -0.460 e. The second-order valence-corrected chi connectivity index (χ2v) is 37.3. The van der Waals surface area contributed by atoms with Gasteiger partial charge in [-0.2, -0.15) is 5.10 Å². The summed E-state index contributed by atoms with van der Waals surface area (Å²) in [6.07, 6.45) is 21.6. The molecule has 0 unspecified atom stereocenters. The monoisotopic (exact) mass is 1860 g/mol. The summed E-state index contributed by atoms with van der Waals surface area (Å²) in [5.41, 5.74) is 14.9. The molecule has 6 aliphatic heterocycles. The number of cyclic esters (lactones) is 1. The predicted molar refractivity (Wildman–Crippen MR) is 503 cm³/mol. The summed E-state index contributed by atoms with van der Waals surface area (Å²) >= 11 is 0. The lowest BCUT2D eigenvalue weighted by Gasteiger charge is -2.42. The van der Waals surface area contributed by atoms with Gasteiger partial charge in [-0.05, 0) is 142 Å². The van der Waals surface area contributed by atoms with Crippen LogP contribution in [0, 0.1) is 35.5 Å². The standard InChI is InChI=1S/C99H132N18O18/c1-61-16-12-11-13-17-62(2)80(128-8)50-76-23-19-67(7)99(127,135-76)89(122)94(124)116-29-15-14-18-77(116)95(125)133-81(51-78(118)63(3)45-66(6)87(121)88(130-10)86(120)65(5)44-61)64(4)46-68-21-24-79(82(48-68)129-9)134-98(126)107-54-70-52-103-96(104-53-70)114-37-35-112(36-38-114)83(119)27-40-131-42-43-132-41-39-111-31-33-113(34-32-111)97-105-56-75(57-106-97)93(123)115-30-26-71-47-69(20-22-73(71)59-115)58-117-92-84(90(100)108-60-109-92)85(110-117)74-49-72-25-28-101-91(72)102-55-74/h11-13,16-17,20,22,25,28,45,47,49,52-53,55-57,60-61,63-65,67-68,76-77,79-82,87-88,121,127H,14-15,18-19,21,23-24,26-27,29-44,46,48,50-51,54,58-59H2,1-10H3,(H,101,102)(H,107,126)(H2,100,108,109)/b13-11?,16-12+,62-17?,66-45+/t61-,63-,64-,65-,67-,68+,76+,77+,79-,80+,81+,82-,87-,88+,99-/m1/s1. The maximum absolute atomic E-state index is 14.8. The van der Waals surface area contributed by atoms with Gasteiger partial charge in [0.25, 0.3) is 17.6 Å². The molecule has 726 valence electrons. The van der Waals surface area contributed by atoms with E-state index in [0.717, 1.165) is 66.0 Å². The van der Waals surface area contributed by atoms with Crippen molar-refractivity contribution in [3.05, 3.63) is 149 Å². The van der Waals surface area contributed by atoms with Crippen LogP contribution < -0.4 is 20.9 Å². The van der Waals surface area contributed by atoms with Crippen molar-refractivity contribution >= 4 is 86.9 Å². The first-order valence-electron chi connectivity index (χ1n) is 47.7. The van der Waals surface area contributed by atoms with Crippen LogP contribution in [0.4, 0.5) is 22.5 Å². The van der Waals surface area contributed by atoms with Crippen molar-refractivity contribution in [3.63, 3.8) is 0 Å². The third-order valence-corrected chi connectivity index (χ3v) is 27.8. The number of allylic oxidation sites excluding steroid dienone is 6. The number of H-pyrrole nitrogens is 1. The van der Waals surface area contributed by atoms with Gasteiger partial charge in [0.1, 0.15) is 59.7 Å². The number of aliphatic hydroxyl groups is 2. The van der Waals surface area contributed by atoms with Gasteiger partial charge in [-0.1, -0.05) is 89.3 Å². The molecule has 6 N–H and O–H groups in total. The summed E-state index contributed by atoms with van der Waals surface area (Å²) in [6.45, 7) is 21.6. The van der Waals surface area contributed by atoms with Crippen LogP contribution in [-0.4, -0.2) is 301 Å². The van der Waals surface area contributed by atoms with Gasteiger partial charge in [0.15, 0.2) is 11.4 Å². The number of nitrogen functional groups attached to an aromatic ring is 1. The number of amides is 4. The van der Waals surface area contributed by atoms with E-state index in [4.69, 9.17) is 48.7 Å². The van der Waals surface area contributed by atoms with E-state index in [1.54, 1.807) is 79.0 Å². The van der Waals surface area contributed by atoms with Crippen molar-refractivity contribution in [1.82, 2.24) is 74.6 Å². The van der Waals surface area contributed by atoms with E-state index in [0.29, 0.717) is 181 Å². The molecular formula is C99H132N18O18. The van der Waals surface area contributed by atoms with Gasteiger partial charge < -0.3 is 88.6 Å². The highest BCUT2D eigenvalue weighted by molar-refractivity contribution is 6.39. The number of aromatic amines is 1. The number of hydrogen-bond acceptors (Lipinski definition) is 30. The zero-order valence-corrected chi connectivity index (χ0v) is 79.3. The molecule has 15 atom stereocenters. The first-order valence-corrected chi connectivity index (χ1v) is 47.7. The molecule has 4 saturated heterocycles. The van der Waals surface area contributed by atoms with Gasteiger partial charge in [-0.25, -0.2) is 49.2 Å². The number of rotatable bonds is 24. The first kappa shape index (κ1) is 99.7. The van der Waals surface area contributed by atoms with Crippen LogP contribution >= 0.6 is 0 Å². The minimum atomic E-state index is -2.49. The smallest absolute Gasteiger partial charge is 0.407 e. The van der Waals surface area contributed by atoms with Gasteiger partial charge in [0.2, 0.25) is 23.6 Å². The number of aliphatic hydroxyl groups excluding tert-OH is 1. The predicted octanol–water partition coefficient (Wildman–Crippen LogP) is 9.10. The Balaban J connectivity index is 0.481. The minimum absolute atomic E-state index is 0.0000831. The number of nitrogens with two attached hydrogens (primary N) is 1. The summed E-state index contributed by atoms with van der Waals surface area (Å²) in [5.74, 6) is -7.44. The third kappa shape index (κ3) is 25.0. The number of carbonyl (C=O) groups excluding carboxylic acids is 8. The van der Waals surface area contributed by atoms with Crippen molar-refractivity contribution in [1.29, 1.82) is 0 Å². The fourth-order valence-electron chi connectivity index (χ4n) is 19.6. The average molecular weight is 1860 g/mol. The van der Waals surface area contributed by atoms with E-state index >= 15 is 0 Å². The number of benzene rings is 1. The number of ketones is 3. The maximum Gasteiger partial charge on any atom is 0.407 e. The van der Waals surface area contributed by atoms with Crippen LogP contribution in [0.1, 0.15) is 165 Å². The number of esters is 1. The molecule has 12 heterocycles. The molecule has 7 aromatic rings. The quantitative estimate of drug-likeness (QED) is 0.0163. The highest BCUT2D eigenvalue weighted by Gasteiger charge is 2.53. The summed E-state index contributed by atoms with van der Waals surface area (Å²) < 4.78 is 49.8. The molecule has 5 fully saturated rings. The highest BCUT2D eigenvalue weighted by atomic mass is 16.6. The van der Waals surface area contributed by atoms with Crippen LogP contribution in [0.3, 0.4) is 0 Å². The molecule has 6 aromatic heterocycles. The van der Waals surface area contributed by atoms with E-state index < -0.39 is 102 Å². The molecule has 2 bridgehead atoms. The Bertz CT molecular complexity index is 5400. The van der Waals surface area contributed by atoms with Crippen molar-refractivity contribution in [2.75, 3.05) is 135 Å². The Labute approximate surface area is 787 Å².